The molecule has 1 spiro atoms. The number of aryl methyl sites for hydroxylation is 2. The molecule has 1 aromatic heterocycles. The van der Waals surface area contributed by atoms with Gasteiger partial charge in [-0.05, 0) is 39.8 Å². The molecule has 5 heteroatoms. The van der Waals surface area contributed by atoms with Gasteiger partial charge in [0.25, 0.3) is 0 Å². The number of pyridine rings is 1. The van der Waals surface area contributed by atoms with Crippen LogP contribution >= 0.6 is 0 Å². The fraction of sp³-hybridized carbons (Fsp3) is 0.625. The first-order valence-electron chi connectivity index (χ1n) is 7.52. The third-order valence-corrected chi connectivity index (χ3v) is 4.39. The highest BCUT2D eigenvalue weighted by Gasteiger charge is 2.42. The molecule has 0 radical (unpaired) electrons. The van der Waals surface area contributed by atoms with Crippen LogP contribution in [0.15, 0.2) is 6.07 Å². The summed E-state index contributed by atoms with van der Waals surface area (Å²) in [5.41, 5.74) is 2.10. The molecule has 3 rings (SSSR count). The van der Waals surface area contributed by atoms with Crippen molar-refractivity contribution in [3.63, 3.8) is 0 Å². The highest BCUT2D eigenvalue weighted by atomic mass is 16.6. The minimum Gasteiger partial charge on any atom is -0.486 e. The van der Waals surface area contributed by atoms with Crippen LogP contribution in [0.2, 0.25) is 0 Å². The molecule has 0 bridgehead atoms. The standard InChI is InChI=1S/C16H21N3O2/c1-11-7-15(14(9-17)12(2)19-11)21-13-8-16(20-10-13)3-5-18-6-4-16/h7,13,18H,3-6,8,10H2,1-2H3. The molecule has 1 atom stereocenters. The van der Waals surface area contributed by atoms with E-state index in [1.165, 1.54) is 0 Å². The van der Waals surface area contributed by atoms with Gasteiger partial charge in [0.15, 0.2) is 0 Å². The van der Waals surface area contributed by atoms with Crippen LogP contribution in [0.4, 0.5) is 0 Å². The highest BCUT2D eigenvalue weighted by molar-refractivity contribution is 5.46. The Balaban J connectivity index is 1.75. The summed E-state index contributed by atoms with van der Waals surface area (Å²) in [4.78, 5) is 4.32. The Hall–Kier alpha value is -1.64. The number of hydrogen-bond acceptors (Lipinski definition) is 5. The Morgan fingerprint density at radius 1 is 1.43 bits per heavy atom. The Bertz CT molecular complexity index is 574. The predicted octanol–water partition coefficient (Wildman–Crippen LogP) is 1.86. The fourth-order valence-electron chi connectivity index (χ4n) is 3.31. The Morgan fingerprint density at radius 3 is 2.90 bits per heavy atom. The number of rotatable bonds is 2. The van der Waals surface area contributed by atoms with Crippen LogP contribution in [-0.4, -0.2) is 36.4 Å². The minimum absolute atomic E-state index is 0.0244. The van der Waals surface area contributed by atoms with Gasteiger partial charge in [-0.2, -0.15) is 5.26 Å². The maximum absolute atomic E-state index is 9.30. The molecular formula is C16H21N3O2. The van der Waals surface area contributed by atoms with Crippen molar-refractivity contribution in [1.29, 1.82) is 5.26 Å². The second-order valence-corrected chi connectivity index (χ2v) is 6.02. The summed E-state index contributed by atoms with van der Waals surface area (Å²) in [6.07, 6.45) is 3.00. The van der Waals surface area contributed by atoms with Gasteiger partial charge in [-0.15, -0.1) is 0 Å². The minimum atomic E-state index is -0.0279. The second-order valence-electron chi connectivity index (χ2n) is 6.02. The normalized spacial score (nSPS) is 24.0. The molecular weight excluding hydrogens is 266 g/mol. The van der Waals surface area contributed by atoms with Crippen LogP contribution < -0.4 is 10.1 Å². The monoisotopic (exact) mass is 287 g/mol. The number of nitrogens with one attached hydrogen (secondary N) is 1. The molecule has 112 valence electrons. The van der Waals surface area contributed by atoms with Gasteiger partial charge < -0.3 is 14.8 Å². The van der Waals surface area contributed by atoms with E-state index >= 15 is 0 Å². The maximum atomic E-state index is 9.30. The average Bonchev–Trinajstić information content (AvgIpc) is 2.82. The number of piperidine rings is 1. The second kappa shape index (κ2) is 5.63. The number of ether oxygens (including phenoxy) is 2. The van der Waals surface area contributed by atoms with Crippen molar-refractivity contribution in [3.05, 3.63) is 23.0 Å². The number of nitriles is 1. The molecule has 0 amide bonds. The largest absolute Gasteiger partial charge is 0.486 e. The number of aromatic nitrogens is 1. The third kappa shape index (κ3) is 2.87. The SMILES string of the molecule is Cc1cc(OC2COC3(CCNCC3)C2)c(C#N)c(C)n1. The van der Waals surface area contributed by atoms with E-state index in [1.54, 1.807) is 0 Å². The molecule has 2 saturated heterocycles. The molecule has 1 aromatic rings. The first-order valence-corrected chi connectivity index (χ1v) is 7.52. The van der Waals surface area contributed by atoms with Gasteiger partial charge >= 0.3 is 0 Å². The molecule has 5 nitrogen and oxygen atoms in total. The zero-order valence-electron chi connectivity index (χ0n) is 12.6. The van der Waals surface area contributed by atoms with Crippen molar-refractivity contribution in [2.75, 3.05) is 19.7 Å². The zero-order chi connectivity index (χ0) is 14.9. The molecule has 2 aliphatic rings. The topological polar surface area (TPSA) is 67.2 Å². The molecule has 2 fully saturated rings. The predicted molar refractivity (Wildman–Crippen MR) is 78.2 cm³/mol. The van der Waals surface area contributed by atoms with Gasteiger partial charge in [0.05, 0.1) is 17.9 Å². The van der Waals surface area contributed by atoms with Crippen LogP contribution in [0.5, 0.6) is 5.75 Å². The lowest BCUT2D eigenvalue weighted by atomic mass is 9.89. The van der Waals surface area contributed by atoms with Crippen LogP contribution in [0, 0.1) is 25.2 Å². The van der Waals surface area contributed by atoms with E-state index in [4.69, 9.17) is 9.47 Å². The van der Waals surface area contributed by atoms with Gasteiger partial charge in [0, 0.05) is 18.2 Å². The van der Waals surface area contributed by atoms with Crippen molar-refractivity contribution in [2.24, 2.45) is 0 Å². The van der Waals surface area contributed by atoms with E-state index < -0.39 is 0 Å². The average molecular weight is 287 g/mol. The van der Waals surface area contributed by atoms with E-state index in [9.17, 15) is 5.26 Å². The molecule has 0 aliphatic carbocycles. The maximum Gasteiger partial charge on any atom is 0.141 e. The van der Waals surface area contributed by atoms with Crippen molar-refractivity contribution in [3.8, 4) is 11.8 Å². The lowest BCUT2D eigenvalue weighted by Gasteiger charge is -2.32. The van der Waals surface area contributed by atoms with Gasteiger partial charge in [-0.3, -0.25) is 4.98 Å². The smallest absolute Gasteiger partial charge is 0.141 e. The summed E-state index contributed by atoms with van der Waals surface area (Å²) in [5, 5.41) is 12.7. The van der Waals surface area contributed by atoms with Crippen molar-refractivity contribution in [1.82, 2.24) is 10.3 Å². The lowest BCUT2D eigenvalue weighted by molar-refractivity contribution is -0.0205. The van der Waals surface area contributed by atoms with Crippen molar-refractivity contribution in [2.45, 2.75) is 44.8 Å². The number of hydrogen-bond donors (Lipinski definition) is 1. The van der Waals surface area contributed by atoms with E-state index in [2.05, 4.69) is 16.4 Å². The molecule has 1 unspecified atom stereocenters. The summed E-state index contributed by atoms with van der Waals surface area (Å²) in [6.45, 7) is 6.37. The quantitative estimate of drug-likeness (QED) is 0.899. The highest BCUT2D eigenvalue weighted by Crippen LogP contribution is 2.36. The summed E-state index contributed by atoms with van der Waals surface area (Å²) in [5.74, 6) is 0.641. The molecule has 0 aromatic carbocycles. The van der Waals surface area contributed by atoms with E-state index in [0.29, 0.717) is 17.9 Å². The summed E-state index contributed by atoms with van der Waals surface area (Å²) in [7, 11) is 0. The zero-order valence-corrected chi connectivity index (χ0v) is 12.6. The molecule has 0 saturated carbocycles. The van der Waals surface area contributed by atoms with Crippen LogP contribution in [-0.2, 0) is 4.74 Å². The third-order valence-electron chi connectivity index (χ3n) is 4.39. The number of nitrogens with zero attached hydrogens (tertiary/aromatic N) is 2. The first kappa shape index (κ1) is 14.3. The molecule has 2 aliphatic heterocycles. The van der Waals surface area contributed by atoms with E-state index in [1.807, 2.05) is 19.9 Å². The van der Waals surface area contributed by atoms with E-state index in [0.717, 1.165) is 43.7 Å². The van der Waals surface area contributed by atoms with Crippen LogP contribution in [0.25, 0.3) is 0 Å². The molecule has 21 heavy (non-hydrogen) atoms. The summed E-state index contributed by atoms with van der Waals surface area (Å²) >= 11 is 0. The van der Waals surface area contributed by atoms with Gasteiger partial charge in [-0.25, -0.2) is 0 Å². The van der Waals surface area contributed by atoms with Gasteiger partial charge in [-0.1, -0.05) is 0 Å². The Kier molecular flexibility index (Phi) is 3.83. The van der Waals surface area contributed by atoms with Crippen molar-refractivity contribution < 1.29 is 9.47 Å². The van der Waals surface area contributed by atoms with Gasteiger partial charge in [0.2, 0.25) is 0 Å². The van der Waals surface area contributed by atoms with Gasteiger partial charge in [0.1, 0.15) is 23.5 Å². The van der Waals surface area contributed by atoms with Crippen molar-refractivity contribution >= 4 is 0 Å². The Labute approximate surface area is 125 Å². The van der Waals surface area contributed by atoms with Crippen LogP contribution in [0.3, 0.4) is 0 Å². The molecule has 3 heterocycles. The Morgan fingerprint density at radius 2 is 2.19 bits per heavy atom. The van der Waals surface area contributed by atoms with E-state index in [-0.39, 0.29) is 11.7 Å². The van der Waals surface area contributed by atoms with Crippen LogP contribution in [0.1, 0.15) is 36.2 Å². The lowest BCUT2D eigenvalue weighted by Crippen LogP contribution is -2.41. The summed E-state index contributed by atoms with van der Waals surface area (Å²) < 4.78 is 12.1. The molecule has 1 N–H and O–H groups in total. The first-order chi connectivity index (χ1) is 10.1. The summed E-state index contributed by atoms with van der Waals surface area (Å²) in [6, 6.07) is 4.04. The fourth-order valence-corrected chi connectivity index (χ4v) is 3.31.